The molecule has 1 aromatic carbocycles. The van der Waals surface area contributed by atoms with Crippen LogP contribution in [0, 0.1) is 13.8 Å². The largest absolute Gasteiger partial charge is 0.352 e. The van der Waals surface area contributed by atoms with Crippen molar-refractivity contribution in [2.75, 3.05) is 0 Å². The fraction of sp³-hybridized carbons (Fsp3) is 0.286. The highest BCUT2D eigenvalue weighted by Crippen LogP contribution is 2.09. The quantitative estimate of drug-likeness (QED) is 0.787. The van der Waals surface area contributed by atoms with Gasteiger partial charge in [0.1, 0.15) is 7.85 Å². The first kappa shape index (κ1) is 13.4. The predicted molar refractivity (Wildman–Crippen MR) is 75.4 cm³/mol. The van der Waals surface area contributed by atoms with E-state index in [0.29, 0.717) is 18.4 Å². The van der Waals surface area contributed by atoms with Gasteiger partial charge in [0.2, 0.25) is 5.91 Å². The van der Waals surface area contributed by atoms with Crippen LogP contribution in [0.15, 0.2) is 24.3 Å². The average Bonchev–Trinajstić information content (AvgIpc) is 2.70. The molecule has 0 saturated heterocycles. The van der Waals surface area contributed by atoms with Crippen molar-refractivity contribution in [1.82, 2.24) is 15.5 Å². The summed E-state index contributed by atoms with van der Waals surface area (Å²) >= 11 is 0. The third-order valence-electron chi connectivity index (χ3n) is 3.15. The standard InChI is InChI=1S/C14H16BN3O/c1-9-12(10(2)18-17-9)7-14(19)16-8-11-5-3-4-6-13(11)15/h3-6H,7-8H2,1-2H3,(H,16,19)(H,17,18). The lowest BCUT2D eigenvalue weighted by Gasteiger charge is -2.08. The van der Waals surface area contributed by atoms with Gasteiger partial charge in [0, 0.05) is 17.8 Å². The van der Waals surface area contributed by atoms with E-state index in [2.05, 4.69) is 15.5 Å². The van der Waals surface area contributed by atoms with E-state index in [-0.39, 0.29) is 5.91 Å². The zero-order valence-electron chi connectivity index (χ0n) is 11.2. The third-order valence-corrected chi connectivity index (χ3v) is 3.15. The number of nitrogens with one attached hydrogen (secondary N) is 2. The molecule has 2 radical (unpaired) electrons. The van der Waals surface area contributed by atoms with Crippen LogP contribution in [0.1, 0.15) is 22.5 Å². The van der Waals surface area contributed by atoms with Crippen LogP contribution in [-0.4, -0.2) is 24.0 Å². The number of carbonyl (C=O) groups excluding carboxylic acids is 1. The molecule has 0 bridgehead atoms. The Balaban J connectivity index is 1.94. The Morgan fingerprint density at radius 2 is 2.11 bits per heavy atom. The molecule has 0 aliphatic carbocycles. The highest BCUT2D eigenvalue weighted by atomic mass is 16.1. The number of hydrogen-bond acceptors (Lipinski definition) is 2. The number of amides is 1. The molecule has 0 aliphatic rings. The monoisotopic (exact) mass is 253 g/mol. The Morgan fingerprint density at radius 3 is 2.74 bits per heavy atom. The number of rotatable bonds is 4. The van der Waals surface area contributed by atoms with Gasteiger partial charge in [0.25, 0.3) is 0 Å². The van der Waals surface area contributed by atoms with Crippen molar-refractivity contribution in [3.05, 3.63) is 46.8 Å². The maximum atomic E-state index is 11.9. The number of hydrogen-bond donors (Lipinski definition) is 2. The summed E-state index contributed by atoms with van der Waals surface area (Å²) < 4.78 is 0. The molecule has 0 atom stereocenters. The van der Waals surface area contributed by atoms with Crippen molar-refractivity contribution in [3.63, 3.8) is 0 Å². The molecule has 5 heteroatoms. The second kappa shape index (κ2) is 5.74. The minimum atomic E-state index is -0.0316. The molecular formula is C14H16BN3O. The first-order valence-corrected chi connectivity index (χ1v) is 6.18. The molecule has 0 saturated carbocycles. The van der Waals surface area contributed by atoms with Gasteiger partial charge in [0.05, 0.1) is 12.1 Å². The molecule has 2 rings (SSSR count). The van der Waals surface area contributed by atoms with E-state index in [9.17, 15) is 4.79 Å². The third kappa shape index (κ3) is 3.25. The second-order valence-electron chi connectivity index (χ2n) is 4.56. The van der Waals surface area contributed by atoms with Crippen LogP contribution >= 0.6 is 0 Å². The van der Waals surface area contributed by atoms with Crippen LogP contribution < -0.4 is 10.8 Å². The van der Waals surface area contributed by atoms with Crippen molar-refractivity contribution in [2.45, 2.75) is 26.8 Å². The summed E-state index contributed by atoms with van der Waals surface area (Å²) in [5, 5.41) is 9.82. The Bertz CT molecular complexity index is 573. The van der Waals surface area contributed by atoms with Crippen molar-refractivity contribution in [1.29, 1.82) is 0 Å². The molecule has 96 valence electrons. The van der Waals surface area contributed by atoms with Gasteiger partial charge >= 0.3 is 0 Å². The number of aromatic amines is 1. The van der Waals surface area contributed by atoms with Crippen LogP contribution in [0.25, 0.3) is 0 Å². The molecule has 1 heterocycles. The minimum Gasteiger partial charge on any atom is -0.352 e. The molecular weight excluding hydrogens is 237 g/mol. The summed E-state index contributed by atoms with van der Waals surface area (Å²) in [4.78, 5) is 11.9. The number of aromatic nitrogens is 2. The fourth-order valence-corrected chi connectivity index (χ4v) is 1.95. The summed E-state index contributed by atoms with van der Waals surface area (Å²) in [6.07, 6.45) is 0.334. The minimum absolute atomic E-state index is 0.0316. The maximum Gasteiger partial charge on any atom is 0.224 e. The van der Waals surface area contributed by atoms with Gasteiger partial charge in [-0.25, -0.2) is 0 Å². The Labute approximate surface area is 114 Å². The normalized spacial score (nSPS) is 10.4. The molecule has 0 fully saturated rings. The molecule has 2 N–H and O–H groups in total. The summed E-state index contributed by atoms with van der Waals surface area (Å²) in [6.45, 7) is 4.25. The van der Waals surface area contributed by atoms with Gasteiger partial charge in [-0.1, -0.05) is 29.7 Å². The Kier molecular flexibility index (Phi) is 4.05. The molecule has 1 amide bonds. The summed E-state index contributed by atoms with van der Waals surface area (Å²) in [7, 11) is 5.82. The Hall–Kier alpha value is -2.04. The van der Waals surface area contributed by atoms with Crippen molar-refractivity contribution in [3.8, 4) is 0 Å². The van der Waals surface area contributed by atoms with Crippen molar-refractivity contribution < 1.29 is 4.79 Å². The number of nitrogens with zero attached hydrogens (tertiary/aromatic N) is 1. The van der Waals surface area contributed by atoms with E-state index in [1.54, 1.807) is 0 Å². The second-order valence-corrected chi connectivity index (χ2v) is 4.56. The van der Waals surface area contributed by atoms with Crippen molar-refractivity contribution >= 4 is 19.2 Å². The molecule has 1 aromatic heterocycles. The van der Waals surface area contributed by atoms with Gasteiger partial charge in [-0.15, -0.1) is 0 Å². The molecule has 2 aromatic rings. The first-order chi connectivity index (χ1) is 9.08. The van der Waals surface area contributed by atoms with Crippen LogP contribution in [0.4, 0.5) is 0 Å². The van der Waals surface area contributed by atoms with Crippen LogP contribution in [0.3, 0.4) is 0 Å². The molecule has 0 unspecified atom stereocenters. The fourth-order valence-electron chi connectivity index (χ4n) is 1.95. The van der Waals surface area contributed by atoms with Gasteiger partial charge in [-0.2, -0.15) is 5.10 Å². The van der Waals surface area contributed by atoms with E-state index in [0.717, 1.165) is 22.5 Å². The zero-order valence-corrected chi connectivity index (χ0v) is 11.2. The summed E-state index contributed by atoms with van der Waals surface area (Å²) in [5.74, 6) is -0.0316. The Morgan fingerprint density at radius 1 is 1.37 bits per heavy atom. The molecule has 0 spiro atoms. The first-order valence-electron chi connectivity index (χ1n) is 6.18. The zero-order chi connectivity index (χ0) is 13.8. The average molecular weight is 253 g/mol. The summed E-state index contributed by atoms with van der Waals surface area (Å²) in [5.41, 5.74) is 4.38. The smallest absolute Gasteiger partial charge is 0.224 e. The summed E-state index contributed by atoms with van der Waals surface area (Å²) in [6, 6.07) is 7.51. The number of H-pyrrole nitrogens is 1. The maximum absolute atomic E-state index is 11.9. The number of aryl methyl sites for hydroxylation is 2. The molecule has 4 nitrogen and oxygen atoms in total. The van der Waals surface area contributed by atoms with Gasteiger partial charge in [-0.3, -0.25) is 9.89 Å². The topological polar surface area (TPSA) is 57.8 Å². The lowest BCUT2D eigenvalue weighted by atomic mass is 9.91. The number of benzene rings is 1. The molecule has 19 heavy (non-hydrogen) atoms. The lowest BCUT2D eigenvalue weighted by molar-refractivity contribution is -0.120. The highest BCUT2D eigenvalue weighted by molar-refractivity contribution is 6.33. The van der Waals surface area contributed by atoms with E-state index in [1.165, 1.54) is 0 Å². The lowest BCUT2D eigenvalue weighted by Crippen LogP contribution is -2.27. The van der Waals surface area contributed by atoms with E-state index < -0.39 is 0 Å². The van der Waals surface area contributed by atoms with E-state index in [1.807, 2.05) is 38.1 Å². The molecule has 0 aliphatic heterocycles. The SMILES string of the molecule is [B]c1ccccc1CNC(=O)Cc1c(C)n[nH]c1C. The number of carbonyl (C=O) groups is 1. The van der Waals surface area contributed by atoms with Crippen LogP contribution in [-0.2, 0) is 17.8 Å². The predicted octanol–water partition coefficient (Wildman–Crippen LogP) is 0.679. The van der Waals surface area contributed by atoms with Crippen LogP contribution in [0.2, 0.25) is 0 Å². The van der Waals surface area contributed by atoms with E-state index in [4.69, 9.17) is 7.85 Å². The van der Waals surface area contributed by atoms with Gasteiger partial charge in [-0.05, 0) is 19.4 Å². The van der Waals surface area contributed by atoms with Crippen LogP contribution in [0.5, 0.6) is 0 Å². The van der Waals surface area contributed by atoms with Gasteiger partial charge < -0.3 is 5.32 Å². The van der Waals surface area contributed by atoms with E-state index >= 15 is 0 Å². The van der Waals surface area contributed by atoms with Gasteiger partial charge in [0.15, 0.2) is 0 Å². The van der Waals surface area contributed by atoms with Crippen molar-refractivity contribution in [2.24, 2.45) is 0 Å². The highest BCUT2D eigenvalue weighted by Gasteiger charge is 2.11.